The molecule has 0 spiro atoms. The third-order valence-corrected chi connectivity index (χ3v) is 3.65. The van der Waals surface area contributed by atoms with Crippen molar-refractivity contribution in [2.24, 2.45) is 0 Å². The molecule has 0 aliphatic carbocycles. The predicted octanol–water partition coefficient (Wildman–Crippen LogP) is 2.51. The van der Waals surface area contributed by atoms with E-state index in [-0.39, 0.29) is 18.3 Å². The van der Waals surface area contributed by atoms with Crippen LogP contribution in [0.1, 0.15) is 32.3 Å². The van der Waals surface area contributed by atoms with Crippen molar-refractivity contribution in [3.05, 3.63) is 35.7 Å². The van der Waals surface area contributed by atoms with E-state index < -0.39 is 11.4 Å². The first kappa shape index (κ1) is 17.2. The lowest BCUT2D eigenvalue weighted by Gasteiger charge is -2.30. The van der Waals surface area contributed by atoms with Gasteiger partial charge in [0.2, 0.25) is 5.91 Å². The fourth-order valence-electron chi connectivity index (χ4n) is 1.95. The number of halogens is 1. The lowest BCUT2D eigenvalue weighted by atomic mass is 9.94. The van der Waals surface area contributed by atoms with Gasteiger partial charge in [-0.2, -0.15) is 0 Å². The Kier molecular flexibility index (Phi) is 6.37. The molecule has 0 aliphatic rings. The van der Waals surface area contributed by atoms with Crippen LogP contribution in [0.3, 0.4) is 0 Å². The quantitative estimate of drug-likeness (QED) is 0.760. The van der Waals surface area contributed by atoms with Gasteiger partial charge in [-0.3, -0.25) is 4.79 Å². The number of nitrogens with one attached hydrogen (secondary N) is 1. The van der Waals surface area contributed by atoms with Crippen molar-refractivity contribution in [2.45, 2.75) is 32.2 Å². The minimum absolute atomic E-state index is 0.114. The molecule has 0 aliphatic heterocycles. The summed E-state index contributed by atoms with van der Waals surface area (Å²) in [6.45, 7) is 3.70. The highest BCUT2D eigenvalue weighted by molar-refractivity contribution is 5.92. The average molecular weight is 295 g/mol. The van der Waals surface area contributed by atoms with Crippen LogP contribution in [0.15, 0.2) is 24.3 Å². The monoisotopic (exact) mass is 295 g/mol. The van der Waals surface area contributed by atoms with Crippen LogP contribution in [0.2, 0.25) is 0 Å². The van der Waals surface area contributed by atoms with E-state index in [4.69, 9.17) is 4.74 Å². The van der Waals surface area contributed by atoms with Crippen LogP contribution < -0.4 is 10.1 Å². The molecule has 1 amide bonds. The van der Waals surface area contributed by atoms with Gasteiger partial charge in [0, 0.05) is 6.08 Å². The largest absolute Gasteiger partial charge is 0.494 e. The molecule has 0 saturated heterocycles. The molecule has 116 valence electrons. The standard InChI is InChI=1S/C16H22FNO3/c1-4-16(5-2,11-19)18-15(20)9-7-12-6-8-14(21-3)13(17)10-12/h6-10,19H,4-5,11H2,1-3H3,(H,18,20). The summed E-state index contributed by atoms with van der Waals surface area (Å²) in [5.74, 6) is -0.635. The van der Waals surface area contributed by atoms with Gasteiger partial charge in [-0.05, 0) is 36.6 Å². The first-order chi connectivity index (χ1) is 10.00. The zero-order chi connectivity index (χ0) is 15.9. The average Bonchev–Trinajstić information content (AvgIpc) is 2.51. The van der Waals surface area contributed by atoms with Crippen molar-refractivity contribution < 1.29 is 19.0 Å². The summed E-state index contributed by atoms with van der Waals surface area (Å²) >= 11 is 0. The summed E-state index contributed by atoms with van der Waals surface area (Å²) in [5, 5.41) is 12.2. The van der Waals surface area contributed by atoms with Crippen LogP contribution in [0.5, 0.6) is 5.75 Å². The van der Waals surface area contributed by atoms with Gasteiger partial charge in [0.05, 0.1) is 19.3 Å². The molecule has 1 aromatic rings. The van der Waals surface area contributed by atoms with Crippen LogP contribution >= 0.6 is 0 Å². The molecule has 1 aromatic carbocycles. The fourth-order valence-corrected chi connectivity index (χ4v) is 1.95. The molecule has 0 bridgehead atoms. The molecule has 0 unspecified atom stereocenters. The second kappa shape index (κ2) is 7.78. The Bertz CT molecular complexity index is 502. The van der Waals surface area contributed by atoms with Crippen LogP contribution in [0.25, 0.3) is 6.08 Å². The number of hydrogen-bond donors (Lipinski definition) is 2. The summed E-state index contributed by atoms with van der Waals surface area (Å²) < 4.78 is 18.3. The number of carbonyl (C=O) groups is 1. The van der Waals surface area contributed by atoms with Crippen LogP contribution in [0.4, 0.5) is 4.39 Å². The molecule has 0 fully saturated rings. The predicted molar refractivity (Wildman–Crippen MR) is 80.5 cm³/mol. The second-order valence-electron chi connectivity index (χ2n) is 4.86. The Morgan fingerprint density at radius 2 is 2.10 bits per heavy atom. The van der Waals surface area contributed by atoms with Gasteiger partial charge in [0.15, 0.2) is 11.6 Å². The Labute approximate surface area is 124 Å². The SMILES string of the molecule is CCC(CC)(CO)NC(=O)C=Cc1ccc(OC)c(F)c1. The molecule has 0 aromatic heterocycles. The summed E-state index contributed by atoms with van der Waals surface area (Å²) in [6, 6.07) is 4.45. The maximum Gasteiger partial charge on any atom is 0.244 e. The van der Waals surface area contributed by atoms with Crippen molar-refractivity contribution in [3.63, 3.8) is 0 Å². The topological polar surface area (TPSA) is 58.6 Å². The van der Waals surface area contributed by atoms with E-state index in [1.54, 1.807) is 6.07 Å². The number of carbonyl (C=O) groups excluding carboxylic acids is 1. The normalized spacial score (nSPS) is 11.7. The van der Waals surface area contributed by atoms with Gasteiger partial charge in [-0.1, -0.05) is 19.9 Å². The number of aliphatic hydroxyl groups is 1. The van der Waals surface area contributed by atoms with E-state index in [2.05, 4.69) is 5.32 Å². The number of amides is 1. The van der Waals surface area contributed by atoms with Crippen molar-refractivity contribution in [1.82, 2.24) is 5.32 Å². The van der Waals surface area contributed by atoms with Gasteiger partial charge < -0.3 is 15.2 Å². The van der Waals surface area contributed by atoms with E-state index in [0.29, 0.717) is 18.4 Å². The molecule has 21 heavy (non-hydrogen) atoms. The summed E-state index contributed by atoms with van der Waals surface area (Å²) in [5.41, 5.74) is -0.0434. The number of benzene rings is 1. The molecule has 5 heteroatoms. The van der Waals surface area contributed by atoms with Crippen LogP contribution in [-0.4, -0.2) is 30.3 Å². The molecule has 0 atom stereocenters. The van der Waals surface area contributed by atoms with Crippen molar-refractivity contribution in [3.8, 4) is 5.75 Å². The maximum absolute atomic E-state index is 13.5. The molecule has 1 rings (SSSR count). The smallest absolute Gasteiger partial charge is 0.244 e. The van der Waals surface area contributed by atoms with Crippen molar-refractivity contribution >= 4 is 12.0 Å². The summed E-state index contributed by atoms with van der Waals surface area (Å²) in [4.78, 5) is 11.9. The van der Waals surface area contributed by atoms with Gasteiger partial charge in [-0.15, -0.1) is 0 Å². The molecule has 2 N–H and O–H groups in total. The number of rotatable bonds is 7. The van der Waals surface area contributed by atoms with Crippen LogP contribution in [0, 0.1) is 5.82 Å². The summed E-state index contributed by atoms with van der Waals surface area (Å²) in [7, 11) is 1.39. The van der Waals surface area contributed by atoms with E-state index in [9.17, 15) is 14.3 Å². The van der Waals surface area contributed by atoms with Gasteiger partial charge in [0.1, 0.15) is 0 Å². The Morgan fingerprint density at radius 3 is 2.57 bits per heavy atom. The third kappa shape index (κ3) is 4.56. The lowest BCUT2D eigenvalue weighted by molar-refractivity contribution is -0.119. The van der Waals surface area contributed by atoms with Gasteiger partial charge >= 0.3 is 0 Å². The molecule has 0 saturated carbocycles. The van der Waals surface area contributed by atoms with E-state index in [1.165, 1.54) is 31.4 Å². The number of ether oxygens (including phenoxy) is 1. The highest BCUT2D eigenvalue weighted by Gasteiger charge is 2.26. The molecular formula is C16H22FNO3. The van der Waals surface area contributed by atoms with Gasteiger partial charge in [0.25, 0.3) is 0 Å². The number of hydrogen-bond acceptors (Lipinski definition) is 3. The first-order valence-corrected chi connectivity index (χ1v) is 6.95. The highest BCUT2D eigenvalue weighted by atomic mass is 19.1. The van der Waals surface area contributed by atoms with Crippen molar-refractivity contribution in [2.75, 3.05) is 13.7 Å². The van der Waals surface area contributed by atoms with Gasteiger partial charge in [-0.25, -0.2) is 4.39 Å². The van der Waals surface area contributed by atoms with E-state index >= 15 is 0 Å². The van der Waals surface area contributed by atoms with Crippen molar-refractivity contribution in [1.29, 1.82) is 0 Å². The maximum atomic E-state index is 13.5. The second-order valence-corrected chi connectivity index (χ2v) is 4.86. The minimum Gasteiger partial charge on any atom is -0.494 e. The minimum atomic E-state index is -0.605. The van der Waals surface area contributed by atoms with E-state index in [1.807, 2.05) is 13.8 Å². The molecule has 0 radical (unpaired) electrons. The fraction of sp³-hybridized carbons (Fsp3) is 0.438. The number of aliphatic hydroxyl groups excluding tert-OH is 1. The Balaban J connectivity index is 2.76. The third-order valence-electron chi connectivity index (χ3n) is 3.65. The van der Waals surface area contributed by atoms with E-state index in [0.717, 1.165) is 0 Å². The lowest BCUT2D eigenvalue weighted by Crippen LogP contribution is -2.49. The van der Waals surface area contributed by atoms with Crippen LogP contribution in [-0.2, 0) is 4.79 Å². The number of methoxy groups -OCH3 is 1. The molecule has 4 nitrogen and oxygen atoms in total. The highest BCUT2D eigenvalue weighted by Crippen LogP contribution is 2.18. The zero-order valence-electron chi connectivity index (χ0n) is 12.6. The Hall–Kier alpha value is -1.88. The first-order valence-electron chi connectivity index (χ1n) is 6.95. The summed E-state index contributed by atoms with van der Waals surface area (Å²) in [6.07, 6.45) is 4.12. The molecular weight excluding hydrogens is 273 g/mol. The Morgan fingerprint density at radius 1 is 1.43 bits per heavy atom. The zero-order valence-corrected chi connectivity index (χ0v) is 12.6. The molecule has 0 heterocycles.